The van der Waals surface area contributed by atoms with Gasteiger partial charge in [-0.25, -0.2) is 9.61 Å². The van der Waals surface area contributed by atoms with Gasteiger partial charge in [0.2, 0.25) is 0 Å². The molecule has 2 heterocycles. The topological polar surface area (TPSA) is 82.8 Å². The predicted octanol–water partition coefficient (Wildman–Crippen LogP) is 2.20. The quantitative estimate of drug-likeness (QED) is 0.775. The normalized spacial score (nSPS) is 10.8. The van der Waals surface area contributed by atoms with Crippen LogP contribution in [-0.4, -0.2) is 19.9 Å². The number of hydrogen-bond acceptors (Lipinski definition) is 5. The van der Waals surface area contributed by atoms with E-state index in [1.165, 1.54) is 0 Å². The van der Waals surface area contributed by atoms with Crippen LogP contribution in [0.3, 0.4) is 0 Å². The fourth-order valence-electron chi connectivity index (χ4n) is 1.94. The summed E-state index contributed by atoms with van der Waals surface area (Å²) in [6, 6.07) is 9.95. The molecule has 0 unspecified atom stereocenters. The summed E-state index contributed by atoms with van der Waals surface area (Å²) >= 11 is 0. The summed E-state index contributed by atoms with van der Waals surface area (Å²) in [6.45, 7) is 2.80. The van der Waals surface area contributed by atoms with E-state index >= 15 is 0 Å². The fourth-order valence-corrected chi connectivity index (χ4v) is 1.94. The van der Waals surface area contributed by atoms with Crippen molar-refractivity contribution in [1.82, 2.24) is 19.9 Å². The number of aryl methyl sites for hydroxylation is 1. The molecule has 0 aliphatic heterocycles. The lowest BCUT2D eigenvalue weighted by Gasteiger charge is -1.99. The predicted molar refractivity (Wildman–Crippen MR) is 71.0 cm³/mol. The smallest absolute Gasteiger partial charge is 0.199 e. The van der Waals surface area contributed by atoms with Gasteiger partial charge in [-0.3, -0.25) is 0 Å². The van der Waals surface area contributed by atoms with E-state index in [2.05, 4.69) is 19.9 Å². The Morgan fingerprint density at radius 3 is 2.63 bits per heavy atom. The van der Waals surface area contributed by atoms with Gasteiger partial charge in [-0.2, -0.15) is 0 Å². The molecule has 0 aliphatic carbocycles. The highest BCUT2D eigenvalue weighted by Crippen LogP contribution is 2.26. The second kappa shape index (κ2) is 4.56. The molecule has 0 saturated heterocycles. The Morgan fingerprint density at radius 1 is 1.21 bits per heavy atom. The van der Waals surface area contributed by atoms with Crippen LogP contribution in [0.4, 0.5) is 5.82 Å². The molecule has 96 valence electrons. The molecule has 0 aliphatic rings. The van der Waals surface area contributed by atoms with Crippen molar-refractivity contribution in [3.05, 3.63) is 36.5 Å². The van der Waals surface area contributed by atoms with Crippen LogP contribution in [0.5, 0.6) is 0 Å². The van der Waals surface area contributed by atoms with Crippen molar-refractivity contribution in [3.8, 4) is 22.8 Å². The van der Waals surface area contributed by atoms with E-state index in [1.54, 1.807) is 0 Å². The highest BCUT2D eigenvalue weighted by Gasteiger charge is 2.17. The van der Waals surface area contributed by atoms with E-state index < -0.39 is 0 Å². The number of nitrogens with two attached hydrogens (primary N) is 1. The zero-order chi connectivity index (χ0) is 13.2. The van der Waals surface area contributed by atoms with Gasteiger partial charge in [0.1, 0.15) is 0 Å². The Kier molecular flexibility index (Phi) is 2.75. The third kappa shape index (κ3) is 1.97. The molecule has 19 heavy (non-hydrogen) atoms. The molecule has 0 radical (unpaired) electrons. The molecule has 3 aromatic rings. The summed E-state index contributed by atoms with van der Waals surface area (Å²) in [5.74, 6) is 0.917. The first kappa shape index (κ1) is 11.5. The summed E-state index contributed by atoms with van der Waals surface area (Å²) in [7, 11) is 0. The average molecular weight is 255 g/mol. The number of nitrogens with zero attached hydrogens (tertiary/aromatic N) is 4. The van der Waals surface area contributed by atoms with Crippen molar-refractivity contribution in [3.63, 3.8) is 0 Å². The Balaban J connectivity index is 2.12. The van der Waals surface area contributed by atoms with Gasteiger partial charge in [-0.1, -0.05) is 30.3 Å². The minimum atomic E-state index is 0.250. The van der Waals surface area contributed by atoms with E-state index in [0.29, 0.717) is 11.5 Å². The zero-order valence-electron chi connectivity index (χ0n) is 10.4. The molecular formula is C13H13N5O. The first-order valence-electron chi connectivity index (χ1n) is 6.00. The monoisotopic (exact) mass is 255 g/mol. The number of aromatic nitrogens is 4. The Labute approximate surface area is 109 Å². The average Bonchev–Trinajstić information content (AvgIpc) is 3.05. The molecule has 0 amide bonds. The van der Waals surface area contributed by atoms with Gasteiger partial charge in [0.05, 0.1) is 5.69 Å². The van der Waals surface area contributed by atoms with E-state index in [4.69, 9.17) is 5.73 Å². The van der Waals surface area contributed by atoms with Crippen molar-refractivity contribution in [2.45, 2.75) is 13.5 Å². The number of nitrogen functional groups attached to an aromatic ring is 1. The van der Waals surface area contributed by atoms with Crippen LogP contribution in [0.15, 0.2) is 41.2 Å². The van der Waals surface area contributed by atoms with Crippen LogP contribution in [0.2, 0.25) is 0 Å². The van der Waals surface area contributed by atoms with Gasteiger partial charge in [-0.05, 0) is 17.2 Å². The molecule has 0 spiro atoms. The van der Waals surface area contributed by atoms with Crippen molar-refractivity contribution < 1.29 is 4.63 Å². The molecule has 0 fully saturated rings. The van der Waals surface area contributed by atoms with Crippen molar-refractivity contribution in [1.29, 1.82) is 0 Å². The van der Waals surface area contributed by atoms with Crippen LogP contribution in [0, 0.1) is 0 Å². The number of benzene rings is 1. The molecule has 6 heteroatoms. The maximum Gasteiger partial charge on any atom is 0.199 e. The number of rotatable bonds is 3. The third-order valence-electron chi connectivity index (χ3n) is 2.91. The third-order valence-corrected chi connectivity index (χ3v) is 2.91. The highest BCUT2D eigenvalue weighted by molar-refractivity contribution is 5.68. The number of anilines is 1. The van der Waals surface area contributed by atoms with Crippen LogP contribution >= 0.6 is 0 Å². The van der Waals surface area contributed by atoms with E-state index in [0.717, 1.165) is 17.8 Å². The van der Waals surface area contributed by atoms with Gasteiger partial charge < -0.3 is 10.3 Å². The minimum Gasteiger partial charge on any atom is -0.379 e. The number of imidazole rings is 1. The molecule has 0 atom stereocenters. The lowest BCUT2D eigenvalue weighted by Crippen LogP contribution is -1.98. The van der Waals surface area contributed by atoms with Crippen LogP contribution in [-0.2, 0) is 6.54 Å². The van der Waals surface area contributed by atoms with Gasteiger partial charge in [0.25, 0.3) is 0 Å². The van der Waals surface area contributed by atoms with Crippen molar-refractivity contribution >= 4 is 5.82 Å². The van der Waals surface area contributed by atoms with Crippen LogP contribution in [0.25, 0.3) is 22.8 Å². The second-order valence-electron chi connectivity index (χ2n) is 4.10. The lowest BCUT2D eigenvalue weighted by molar-refractivity contribution is 0.310. The molecule has 3 rings (SSSR count). The lowest BCUT2D eigenvalue weighted by atomic mass is 10.2. The molecule has 6 nitrogen and oxygen atoms in total. The van der Waals surface area contributed by atoms with Crippen molar-refractivity contribution in [2.75, 3.05) is 5.73 Å². The molecule has 0 saturated carbocycles. The molecule has 2 N–H and O–H groups in total. The maximum atomic E-state index is 5.72. The van der Waals surface area contributed by atoms with Crippen LogP contribution < -0.4 is 5.73 Å². The Bertz CT molecular complexity index is 686. The summed E-state index contributed by atoms with van der Waals surface area (Å²) in [5.41, 5.74) is 8.12. The zero-order valence-corrected chi connectivity index (χ0v) is 10.4. The summed E-state index contributed by atoms with van der Waals surface area (Å²) in [6.07, 6.45) is 1.97. The molecular weight excluding hydrogens is 242 g/mol. The Hall–Kier alpha value is -2.63. The largest absolute Gasteiger partial charge is 0.379 e. The first-order chi connectivity index (χ1) is 9.29. The van der Waals surface area contributed by atoms with Crippen LogP contribution in [0.1, 0.15) is 6.92 Å². The fraction of sp³-hybridized carbons (Fsp3) is 0.154. The molecule has 2 aromatic heterocycles. The summed E-state index contributed by atoms with van der Waals surface area (Å²) in [4.78, 5) is 4.58. The summed E-state index contributed by atoms with van der Waals surface area (Å²) in [5, 5.41) is 7.40. The van der Waals surface area contributed by atoms with E-state index in [-0.39, 0.29) is 5.82 Å². The van der Waals surface area contributed by atoms with E-state index in [1.807, 2.05) is 48.0 Å². The van der Waals surface area contributed by atoms with Gasteiger partial charge in [-0.15, -0.1) is 0 Å². The maximum absolute atomic E-state index is 5.72. The second-order valence-corrected chi connectivity index (χ2v) is 4.10. The number of hydrogen-bond donors (Lipinski definition) is 1. The SMILES string of the molecule is CCn1cc(-c2ccccc2)nc1-c1nonc1N. The first-order valence-corrected chi connectivity index (χ1v) is 6.00. The van der Waals surface area contributed by atoms with Gasteiger partial charge >= 0.3 is 0 Å². The highest BCUT2D eigenvalue weighted by atomic mass is 16.6. The molecule has 1 aromatic carbocycles. The Morgan fingerprint density at radius 2 is 2.00 bits per heavy atom. The van der Waals surface area contributed by atoms with Gasteiger partial charge in [0, 0.05) is 18.3 Å². The minimum absolute atomic E-state index is 0.250. The standard InChI is InChI=1S/C13H13N5O/c1-2-18-8-10(9-6-4-3-5-7-9)15-13(18)11-12(14)17-19-16-11/h3-8H,2H2,1H3,(H2,14,17). The van der Waals surface area contributed by atoms with E-state index in [9.17, 15) is 0 Å². The van der Waals surface area contributed by atoms with Crippen molar-refractivity contribution in [2.24, 2.45) is 0 Å². The molecule has 0 bridgehead atoms. The summed E-state index contributed by atoms with van der Waals surface area (Å²) < 4.78 is 6.61. The van der Waals surface area contributed by atoms with Gasteiger partial charge in [0.15, 0.2) is 17.3 Å².